The number of hydrogen-bond acceptors (Lipinski definition) is 7. The van der Waals surface area contributed by atoms with Crippen LogP contribution in [-0.4, -0.2) is 53.7 Å². The summed E-state index contributed by atoms with van der Waals surface area (Å²) in [5, 5.41) is 17.0. The van der Waals surface area contributed by atoms with E-state index in [0.29, 0.717) is 24.2 Å². The van der Waals surface area contributed by atoms with Gasteiger partial charge in [0.15, 0.2) is 0 Å². The van der Waals surface area contributed by atoms with E-state index in [9.17, 15) is 9.59 Å². The zero-order chi connectivity index (χ0) is 28.8. The predicted octanol–water partition coefficient (Wildman–Crippen LogP) is 4.58. The molecule has 42 heavy (non-hydrogen) atoms. The van der Waals surface area contributed by atoms with Gasteiger partial charge in [-0.2, -0.15) is 0 Å². The van der Waals surface area contributed by atoms with E-state index < -0.39 is 18.0 Å². The van der Waals surface area contributed by atoms with Crippen LogP contribution in [0.4, 0.5) is 14.9 Å². The monoisotopic (exact) mass is 594 g/mol. The molecule has 0 aliphatic carbocycles. The van der Waals surface area contributed by atoms with Crippen molar-refractivity contribution < 1.29 is 23.5 Å². The van der Waals surface area contributed by atoms with Crippen molar-refractivity contribution in [3.05, 3.63) is 95.6 Å². The van der Waals surface area contributed by atoms with E-state index in [1.165, 1.54) is 17.9 Å². The van der Waals surface area contributed by atoms with E-state index in [4.69, 9.17) is 9.47 Å². The minimum absolute atomic E-state index is 0. The Morgan fingerprint density at radius 2 is 1.88 bits per heavy atom. The lowest BCUT2D eigenvalue weighted by Gasteiger charge is -2.17. The van der Waals surface area contributed by atoms with Gasteiger partial charge in [-0.1, -0.05) is 41.6 Å². The number of halogens is 2. The summed E-state index contributed by atoms with van der Waals surface area (Å²) in [5.41, 5.74) is 4.51. The van der Waals surface area contributed by atoms with Gasteiger partial charge in [-0.25, -0.2) is 9.18 Å². The van der Waals surface area contributed by atoms with Crippen LogP contribution in [0.1, 0.15) is 29.8 Å². The molecular formula is C30H32ClFN6O4. The molecule has 1 aliphatic rings. The SMILES string of the molecule is COc1ccc(CC(NCc2ccc(-c3ccc(N4C[C@H](CNC(C)=O)OC4=O)cc3F)cc2)c2c[nH]nn2)cc1.Cl. The number of rotatable bonds is 11. The van der Waals surface area contributed by atoms with Crippen molar-refractivity contribution in [2.75, 3.05) is 25.1 Å². The normalized spacial score (nSPS) is 15.1. The summed E-state index contributed by atoms with van der Waals surface area (Å²) in [6, 6.07) is 20.2. The topological polar surface area (TPSA) is 121 Å². The molecule has 1 aliphatic heterocycles. The Balaban J connectivity index is 0.00000405. The maximum Gasteiger partial charge on any atom is 0.414 e. The lowest BCUT2D eigenvalue weighted by atomic mass is 10.0. The van der Waals surface area contributed by atoms with Crippen molar-refractivity contribution in [3.8, 4) is 16.9 Å². The molecule has 0 spiro atoms. The number of aromatic amines is 1. The van der Waals surface area contributed by atoms with Crippen LogP contribution < -0.4 is 20.3 Å². The molecule has 220 valence electrons. The number of aromatic nitrogens is 3. The number of carbonyl (C=O) groups excluding carboxylic acids is 2. The number of cyclic esters (lactones) is 1. The molecule has 4 aromatic rings. The zero-order valence-corrected chi connectivity index (χ0v) is 24.0. The number of benzene rings is 3. The van der Waals surface area contributed by atoms with Crippen LogP contribution in [0.5, 0.6) is 5.75 Å². The van der Waals surface area contributed by atoms with Gasteiger partial charge < -0.3 is 20.1 Å². The van der Waals surface area contributed by atoms with Gasteiger partial charge in [-0.15, -0.1) is 17.5 Å². The number of methoxy groups -OCH3 is 1. The van der Waals surface area contributed by atoms with Crippen LogP contribution in [0.2, 0.25) is 0 Å². The van der Waals surface area contributed by atoms with Crippen LogP contribution in [0, 0.1) is 5.82 Å². The molecule has 2 heterocycles. The highest BCUT2D eigenvalue weighted by atomic mass is 35.5. The first-order valence-corrected chi connectivity index (χ1v) is 13.2. The molecule has 0 bridgehead atoms. The second kappa shape index (κ2) is 13.9. The Hall–Kier alpha value is -4.48. The third-order valence-electron chi connectivity index (χ3n) is 6.93. The third kappa shape index (κ3) is 7.42. The molecule has 0 radical (unpaired) electrons. The van der Waals surface area contributed by atoms with Crippen LogP contribution in [0.15, 0.2) is 72.9 Å². The van der Waals surface area contributed by atoms with Crippen molar-refractivity contribution >= 4 is 30.1 Å². The van der Waals surface area contributed by atoms with Gasteiger partial charge >= 0.3 is 6.09 Å². The number of ether oxygens (including phenoxy) is 2. The average molecular weight is 595 g/mol. The fourth-order valence-electron chi connectivity index (χ4n) is 4.70. The molecule has 1 fully saturated rings. The average Bonchev–Trinajstić information content (AvgIpc) is 3.65. The van der Waals surface area contributed by atoms with E-state index in [1.54, 1.807) is 25.4 Å². The van der Waals surface area contributed by atoms with Crippen molar-refractivity contribution in [2.45, 2.75) is 32.0 Å². The van der Waals surface area contributed by atoms with Crippen LogP contribution in [0.25, 0.3) is 11.1 Å². The van der Waals surface area contributed by atoms with E-state index in [1.807, 2.05) is 48.5 Å². The number of H-pyrrole nitrogens is 1. The highest BCUT2D eigenvalue weighted by Crippen LogP contribution is 2.29. The van der Waals surface area contributed by atoms with E-state index in [-0.39, 0.29) is 37.4 Å². The Morgan fingerprint density at radius 1 is 1.14 bits per heavy atom. The molecule has 10 nitrogen and oxygen atoms in total. The summed E-state index contributed by atoms with van der Waals surface area (Å²) in [4.78, 5) is 24.8. The van der Waals surface area contributed by atoms with Gasteiger partial charge in [0.2, 0.25) is 5.91 Å². The molecule has 3 N–H and O–H groups in total. The molecule has 5 rings (SSSR count). The first kappa shape index (κ1) is 30.5. The molecule has 2 atom stereocenters. The fourth-order valence-corrected chi connectivity index (χ4v) is 4.70. The standard InChI is InChI=1S/C30H31FN6O4.ClH/c1-19(38)32-16-25-18-37(30(39)41-25)23-9-12-26(27(31)14-23)22-7-3-21(4-8-22)15-33-28(29-17-34-36-35-29)13-20-5-10-24(40-2)11-6-20;/h3-12,14,17,25,28,33H,13,15-16,18H2,1-2H3,(H,32,38)(H,34,35,36);1H/t25-,28?;/m0./s1. The summed E-state index contributed by atoms with van der Waals surface area (Å²) in [6.07, 6.45) is 1.43. The Labute approximate surface area is 249 Å². The second-order valence-corrected chi connectivity index (χ2v) is 9.80. The highest BCUT2D eigenvalue weighted by Gasteiger charge is 2.32. The minimum Gasteiger partial charge on any atom is -0.497 e. The smallest absolute Gasteiger partial charge is 0.414 e. The lowest BCUT2D eigenvalue weighted by molar-refractivity contribution is -0.119. The number of nitrogens with zero attached hydrogens (tertiary/aromatic N) is 3. The lowest BCUT2D eigenvalue weighted by Crippen LogP contribution is -2.33. The van der Waals surface area contributed by atoms with Crippen LogP contribution >= 0.6 is 12.4 Å². The number of carbonyl (C=O) groups is 2. The molecule has 0 saturated carbocycles. The van der Waals surface area contributed by atoms with Gasteiger partial charge in [-0.05, 0) is 53.4 Å². The van der Waals surface area contributed by atoms with Crippen molar-refractivity contribution in [1.82, 2.24) is 26.0 Å². The van der Waals surface area contributed by atoms with Gasteiger partial charge in [-0.3, -0.25) is 14.8 Å². The Kier molecular flexibility index (Phi) is 10.1. The van der Waals surface area contributed by atoms with E-state index in [0.717, 1.165) is 28.1 Å². The van der Waals surface area contributed by atoms with Crippen molar-refractivity contribution in [2.24, 2.45) is 0 Å². The summed E-state index contributed by atoms with van der Waals surface area (Å²) < 4.78 is 25.7. The number of hydrogen-bond donors (Lipinski definition) is 3. The summed E-state index contributed by atoms with van der Waals surface area (Å²) in [5.74, 6) is 0.147. The first-order valence-electron chi connectivity index (χ1n) is 13.2. The third-order valence-corrected chi connectivity index (χ3v) is 6.93. The molecular weight excluding hydrogens is 563 g/mol. The van der Waals surface area contributed by atoms with Crippen LogP contribution in [0.3, 0.4) is 0 Å². The quantitative estimate of drug-likeness (QED) is 0.232. The van der Waals surface area contributed by atoms with E-state index in [2.05, 4.69) is 26.0 Å². The van der Waals surface area contributed by atoms with Crippen molar-refractivity contribution in [1.29, 1.82) is 0 Å². The van der Waals surface area contributed by atoms with E-state index >= 15 is 4.39 Å². The molecule has 1 saturated heterocycles. The molecule has 3 aromatic carbocycles. The maximum atomic E-state index is 15.2. The van der Waals surface area contributed by atoms with Gasteiger partial charge in [0.05, 0.1) is 37.6 Å². The van der Waals surface area contributed by atoms with Gasteiger partial charge in [0, 0.05) is 25.2 Å². The fraction of sp³-hybridized carbons (Fsp3) is 0.267. The predicted molar refractivity (Wildman–Crippen MR) is 158 cm³/mol. The first-order chi connectivity index (χ1) is 19.9. The summed E-state index contributed by atoms with van der Waals surface area (Å²) >= 11 is 0. The molecule has 2 amide bonds. The number of amides is 2. The summed E-state index contributed by atoms with van der Waals surface area (Å²) in [6.45, 7) is 2.41. The van der Waals surface area contributed by atoms with Crippen molar-refractivity contribution in [3.63, 3.8) is 0 Å². The van der Waals surface area contributed by atoms with Gasteiger partial charge in [0.25, 0.3) is 0 Å². The second-order valence-electron chi connectivity index (χ2n) is 9.80. The highest BCUT2D eigenvalue weighted by molar-refractivity contribution is 5.90. The summed E-state index contributed by atoms with van der Waals surface area (Å²) in [7, 11) is 1.64. The zero-order valence-electron chi connectivity index (χ0n) is 23.2. The molecule has 12 heteroatoms. The molecule has 1 unspecified atom stereocenters. The Bertz CT molecular complexity index is 1480. The van der Waals surface area contributed by atoms with Gasteiger partial charge in [0.1, 0.15) is 17.7 Å². The number of anilines is 1. The number of nitrogens with one attached hydrogen (secondary N) is 3. The Morgan fingerprint density at radius 3 is 2.52 bits per heavy atom. The molecule has 1 aromatic heterocycles. The van der Waals surface area contributed by atoms with Crippen LogP contribution in [-0.2, 0) is 22.5 Å². The largest absolute Gasteiger partial charge is 0.497 e. The minimum atomic E-state index is -0.569. The maximum absolute atomic E-state index is 15.2.